The van der Waals surface area contributed by atoms with E-state index >= 15 is 0 Å². The Hall–Kier alpha value is -1.10. The standard InChI is InChI=1S/C11H21NO4/c1-5-6-7-16-8(2)9(13)12-11(3,4)10(14)15/h8H,5-7H2,1-4H3,(H,12,13)(H,14,15). The average Bonchev–Trinajstić information content (AvgIpc) is 2.17. The van der Waals surface area contributed by atoms with Crippen LogP contribution >= 0.6 is 0 Å². The maximum atomic E-state index is 11.6. The molecule has 1 amide bonds. The van der Waals surface area contributed by atoms with Gasteiger partial charge in [-0.15, -0.1) is 0 Å². The number of hydrogen-bond acceptors (Lipinski definition) is 3. The van der Waals surface area contributed by atoms with E-state index < -0.39 is 23.5 Å². The maximum absolute atomic E-state index is 11.6. The fourth-order valence-corrected chi connectivity index (χ4v) is 0.943. The van der Waals surface area contributed by atoms with Gasteiger partial charge in [0.1, 0.15) is 11.6 Å². The van der Waals surface area contributed by atoms with E-state index in [0.717, 1.165) is 12.8 Å². The lowest BCUT2D eigenvalue weighted by Crippen LogP contribution is -2.52. The minimum atomic E-state index is -1.26. The van der Waals surface area contributed by atoms with Gasteiger partial charge in [-0.3, -0.25) is 4.79 Å². The number of carboxylic acid groups (broad SMARTS) is 1. The number of ether oxygens (including phenoxy) is 1. The minimum absolute atomic E-state index is 0.400. The average molecular weight is 231 g/mol. The number of amides is 1. The van der Waals surface area contributed by atoms with Gasteiger partial charge >= 0.3 is 5.97 Å². The molecule has 94 valence electrons. The van der Waals surface area contributed by atoms with Crippen molar-refractivity contribution in [3.8, 4) is 0 Å². The minimum Gasteiger partial charge on any atom is -0.480 e. The highest BCUT2D eigenvalue weighted by atomic mass is 16.5. The molecule has 0 heterocycles. The van der Waals surface area contributed by atoms with Gasteiger partial charge in [0, 0.05) is 6.61 Å². The van der Waals surface area contributed by atoms with Crippen molar-refractivity contribution in [2.75, 3.05) is 6.61 Å². The molecule has 1 atom stereocenters. The summed E-state index contributed by atoms with van der Waals surface area (Å²) in [5.41, 5.74) is -1.26. The normalized spacial score (nSPS) is 13.2. The molecule has 0 aliphatic carbocycles. The lowest BCUT2D eigenvalue weighted by molar-refractivity contribution is -0.148. The van der Waals surface area contributed by atoms with Gasteiger partial charge in [-0.25, -0.2) is 4.79 Å². The second kappa shape index (κ2) is 6.48. The summed E-state index contributed by atoms with van der Waals surface area (Å²) in [5, 5.41) is 11.2. The van der Waals surface area contributed by atoms with Gasteiger partial charge < -0.3 is 15.2 Å². The lowest BCUT2D eigenvalue weighted by atomic mass is 10.1. The number of carbonyl (C=O) groups is 2. The SMILES string of the molecule is CCCCOC(C)C(=O)NC(C)(C)C(=O)O. The summed E-state index contributed by atoms with van der Waals surface area (Å²) in [6, 6.07) is 0. The van der Waals surface area contributed by atoms with Crippen LogP contribution in [0.1, 0.15) is 40.5 Å². The summed E-state index contributed by atoms with van der Waals surface area (Å²) in [6.45, 7) is 7.03. The van der Waals surface area contributed by atoms with Crippen molar-refractivity contribution in [2.24, 2.45) is 0 Å². The van der Waals surface area contributed by atoms with Crippen LogP contribution in [0.2, 0.25) is 0 Å². The molecule has 0 aromatic rings. The Labute approximate surface area is 96.2 Å². The van der Waals surface area contributed by atoms with Crippen molar-refractivity contribution in [3.63, 3.8) is 0 Å². The van der Waals surface area contributed by atoms with E-state index in [4.69, 9.17) is 9.84 Å². The predicted molar refractivity (Wildman–Crippen MR) is 60.2 cm³/mol. The Kier molecular flexibility index (Phi) is 6.03. The monoisotopic (exact) mass is 231 g/mol. The van der Waals surface area contributed by atoms with Crippen LogP contribution in [-0.4, -0.2) is 35.2 Å². The summed E-state index contributed by atoms with van der Waals surface area (Å²) in [6.07, 6.45) is 1.26. The fourth-order valence-electron chi connectivity index (χ4n) is 0.943. The Morgan fingerprint density at radius 3 is 2.44 bits per heavy atom. The molecular formula is C11H21NO4. The molecule has 0 bridgehead atoms. The van der Waals surface area contributed by atoms with Crippen molar-refractivity contribution < 1.29 is 19.4 Å². The van der Waals surface area contributed by atoms with E-state index in [0.29, 0.717) is 6.61 Å². The van der Waals surface area contributed by atoms with E-state index in [-0.39, 0.29) is 0 Å². The number of hydrogen-bond donors (Lipinski definition) is 2. The molecule has 0 radical (unpaired) electrons. The fraction of sp³-hybridized carbons (Fsp3) is 0.818. The van der Waals surface area contributed by atoms with Crippen molar-refractivity contribution in [1.29, 1.82) is 0 Å². The molecule has 0 aliphatic heterocycles. The van der Waals surface area contributed by atoms with Crippen LogP contribution in [0.5, 0.6) is 0 Å². The zero-order valence-electron chi connectivity index (χ0n) is 10.4. The summed E-state index contributed by atoms with van der Waals surface area (Å²) in [4.78, 5) is 22.3. The number of unbranched alkanes of at least 4 members (excludes halogenated alkanes) is 1. The first kappa shape index (κ1) is 14.9. The van der Waals surface area contributed by atoms with E-state index in [1.807, 2.05) is 6.92 Å². The van der Waals surface area contributed by atoms with Crippen LogP contribution in [0.25, 0.3) is 0 Å². The quantitative estimate of drug-likeness (QED) is 0.645. The summed E-state index contributed by atoms with van der Waals surface area (Å²) < 4.78 is 5.26. The van der Waals surface area contributed by atoms with Crippen molar-refractivity contribution >= 4 is 11.9 Å². The smallest absolute Gasteiger partial charge is 0.328 e. The topological polar surface area (TPSA) is 75.6 Å². The van der Waals surface area contributed by atoms with Crippen molar-refractivity contribution in [1.82, 2.24) is 5.32 Å². The van der Waals surface area contributed by atoms with E-state index in [1.54, 1.807) is 6.92 Å². The molecule has 0 fully saturated rings. The Balaban J connectivity index is 4.10. The van der Waals surface area contributed by atoms with Crippen LogP contribution in [-0.2, 0) is 14.3 Å². The predicted octanol–water partition coefficient (Wildman–Crippen LogP) is 1.17. The Morgan fingerprint density at radius 1 is 1.44 bits per heavy atom. The summed E-state index contributed by atoms with van der Waals surface area (Å²) >= 11 is 0. The molecule has 1 unspecified atom stereocenters. The van der Waals surface area contributed by atoms with Gasteiger partial charge in [0.05, 0.1) is 0 Å². The highest BCUT2D eigenvalue weighted by Gasteiger charge is 2.30. The van der Waals surface area contributed by atoms with Crippen LogP contribution in [0.4, 0.5) is 0 Å². The summed E-state index contributed by atoms with van der Waals surface area (Å²) in [5.74, 6) is -1.47. The van der Waals surface area contributed by atoms with E-state index in [9.17, 15) is 9.59 Å². The Bertz CT molecular complexity index is 250. The third-order valence-corrected chi connectivity index (χ3v) is 2.21. The first-order chi connectivity index (χ1) is 7.31. The van der Waals surface area contributed by atoms with Gasteiger partial charge in [0.2, 0.25) is 5.91 Å². The van der Waals surface area contributed by atoms with Crippen LogP contribution in [0.15, 0.2) is 0 Å². The van der Waals surface area contributed by atoms with Gasteiger partial charge in [-0.2, -0.15) is 0 Å². The van der Waals surface area contributed by atoms with Crippen molar-refractivity contribution in [2.45, 2.75) is 52.2 Å². The molecule has 0 aromatic carbocycles. The number of carbonyl (C=O) groups excluding carboxylic acids is 1. The first-order valence-corrected chi connectivity index (χ1v) is 5.48. The second-order valence-corrected chi connectivity index (χ2v) is 4.29. The third kappa shape index (κ3) is 5.11. The molecule has 0 saturated carbocycles. The number of rotatable bonds is 7. The van der Waals surface area contributed by atoms with Crippen LogP contribution in [0, 0.1) is 0 Å². The molecular weight excluding hydrogens is 210 g/mol. The molecule has 5 nitrogen and oxygen atoms in total. The first-order valence-electron chi connectivity index (χ1n) is 5.48. The molecule has 16 heavy (non-hydrogen) atoms. The maximum Gasteiger partial charge on any atom is 0.328 e. The molecule has 0 spiro atoms. The zero-order valence-corrected chi connectivity index (χ0v) is 10.4. The van der Waals surface area contributed by atoms with E-state index in [1.165, 1.54) is 13.8 Å². The van der Waals surface area contributed by atoms with Crippen LogP contribution < -0.4 is 5.32 Å². The Morgan fingerprint density at radius 2 is 2.00 bits per heavy atom. The van der Waals surface area contributed by atoms with Crippen molar-refractivity contribution in [3.05, 3.63) is 0 Å². The van der Waals surface area contributed by atoms with Gasteiger partial charge in [-0.05, 0) is 27.2 Å². The van der Waals surface area contributed by atoms with Crippen LogP contribution in [0.3, 0.4) is 0 Å². The number of carboxylic acids is 1. The third-order valence-electron chi connectivity index (χ3n) is 2.21. The molecule has 5 heteroatoms. The van der Waals surface area contributed by atoms with Gasteiger partial charge in [0.15, 0.2) is 0 Å². The highest BCUT2D eigenvalue weighted by Crippen LogP contribution is 2.04. The molecule has 0 aliphatic rings. The largest absolute Gasteiger partial charge is 0.480 e. The zero-order chi connectivity index (χ0) is 12.8. The second-order valence-electron chi connectivity index (χ2n) is 4.29. The van der Waals surface area contributed by atoms with Gasteiger partial charge in [0.25, 0.3) is 0 Å². The molecule has 2 N–H and O–H groups in total. The summed E-state index contributed by atoms with van der Waals surface area (Å²) in [7, 11) is 0. The van der Waals surface area contributed by atoms with E-state index in [2.05, 4.69) is 5.32 Å². The molecule has 0 rings (SSSR count). The highest BCUT2D eigenvalue weighted by molar-refractivity contribution is 5.88. The van der Waals surface area contributed by atoms with Gasteiger partial charge in [-0.1, -0.05) is 13.3 Å². The molecule has 0 saturated heterocycles. The molecule has 0 aromatic heterocycles. The lowest BCUT2D eigenvalue weighted by Gasteiger charge is -2.23. The number of nitrogens with one attached hydrogen (secondary N) is 1. The number of aliphatic carboxylic acids is 1.